The fraction of sp³-hybridized carbons (Fsp3) is 0.294. The van der Waals surface area contributed by atoms with Crippen molar-refractivity contribution in [2.24, 2.45) is 0 Å². The van der Waals surface area contributed by atoms with E-state index in [1.54, 1.807) is 6.07 Å². The maximum Gasteiger partial charge on any atom is 0.262 e. The van der Waals surface area contributed by atoms with Crippen molar-refractivity contribution in [1.82, 2.24) is 0 Å². The van der Waals surface area contributed by atoms with Crippen LogP contribution < -0.4 is 14.4 Å². The smallest absolute Gasteiger partial charge is 0.262 e. The van der Waals surface area contributed by atoms with Gasteiger partial charge < -0.3 is 14.7 Å². The van der Waals surface area contributed by atoms with E-state index < -0.39 is 19.9 Å². The molecule has 27 heavy (non-hydrogen) atoms. The predicted molar refractivity (Wildman–Crippen MR) is 102 cm³/mol. The number of phenols is 1. The molecule has 0 fully saturated rings. The number of phenolic OH excluding ortho intramolecular Hbond substituents is 1. The number of benzene rings is 2. The van der Waals surface area contributed by atoms with Crippen molar-refractivity contribution in [1.29, 1.82) is 0 Å². The Morgan fingerprint density at radius 2 is 1.81 bits per heavy atom. The molecule has 1 aliphatic rings. The van der Waals surface area contributed by atoms with E-state index in [4.69, 9.17) is 4.74 Å². The highest BCUT2D eigenvalue weighted by atomic mass is 32.2. The van der Waals surface area contributed by atoms with Crippen molar-refractivity contribution in [3.05, 3.63) is 36.4 Å². The van der Waals surface area contributed by atoms with Crippen LogP contribution in [-0.2, 0) is 19.9 Å². The molecule has 0 bridgehead atoms. The third-order valence-electron chi connectivity index (χ3n) is 4.29. The van der Waals surface area contributed by atoms with Crippen LogP contribution in [0, 0.1) is 0 Å². The molecule has 2 N–H and O–H groups in total. The van der Waals surface area contributed by atoms with Crippen LogP contribution in [0.1, 0.15) is 6.92 Å². The number of nitrogens with zero attached hydrogens (tertiary/aromatic N) is 1. The zero-order valence-corrected chi connectivity index (χ0v) is 16.5. The summed E-state index contributed by atoms with van der Waals surface area (Å²) < 4.78 is 57.3. The topological polar surface area (TPSA) is 113 Å². The van der Waals surface area contributed by atoms with Gasteiger partial charge in [-0.3, -0.25) is 4.72 Å². The maximum absolute atomic E-state index is 12.7. The van der Waals surface area contributed by atoms with Crippen LogP contribution in [0.15, 0.2) is 46.2 Å². The number of aromatic hydroxyl groups is 1. The highest BCUT2D eigenvalue weighted by molar-refractivity contribution is 7.92. The standard InChI is InChI=1S/C17H20N2O6S2/c1-3-26(21,22)12-4-6-16(20)14(10-12)18-27(23,24)13-5-7-17-15(11-13)19(2)8-9-25-17/h4-7,10-11,18,20H,3,8-9H2,1-2H3. The van der Waals surface area contributed by atoms with Gasteiger partial charge in [0, 0.05) is 7.05 Å². The molecule has 0 saturated carbocycles. The summed E-state index contributed by atoms with van der Waals surface area (Å²) in [4.78, 5) is 1.78. The summed E-state index contributed by atoms with van der Waals surface area (Å²) in [6, 6.07) is 7.92. The SMILES string of the molecule is CCS(=O)(=O)c1ccc(O)c(NS(=O)(=O)c2ccc3c(c2)N(C)CCO3)c1. The van der Waals surface area contributed by atoms with Gasteiger partial charge >= 0.3 is 0 Å². The number of nitrogens with one attached hydrogen (secondary N) is 1. The van der Waals surface area contributed by atoms with Gasteiger partial charge in [-0.15, -0.1) is 0 Å². The number of hydrogen-bond acceptors (Lipinski definition) is 7. The van der Waals surface area contributed by atoms with Gasteiger partial charge in [0.05, 0.1) is 33.5 Å². The van der Waals surface area contributed by atoms with Crippen molar-refractivity contribution < 1.29 is 26.7 Å². The maximum atomic E-state index is 12.7. The molecule has 3 rings (SSSR count). The molecule has 146 valence electrons. The van der Waals surface area contributed by atoms with Crippen molar-refractivity contribution in [3.8, 4) is 11.5 Å². The van der Waals surface area contributed by atoms with Crippen molar-refractivity contribution in [3.63, 3.8) is 0 Å². The number of sulfone groups is 1. The van der Waals surface area contributed by atoms with E-state index in [0.29, 0.717) is 24.6 Å². The van der Waals surface area contributed by atoms with Crippen LogP contribution in [0.5, 0.6) is 11.5 Å². The van der Waals surface area contributed by atoms with E-state index in [2.05, 4.69) is 4.72 Å². The Kier molecular flexibility index (Phi) is 4.96. The van der Waals surface area contributed by atoms with Gasteiger partial charge in [-0.05, 0) is 36.4 Å². The minimum Gasteiger partial charge on any atom is -0.506 e. The Bertz CT molecular complexity index is 1080. The number of sulfonamides is 1. The number of fused-ring (bicyclic) bond motifs is 1. The molecular weight excluding hydrogens is 392 g/mol. The molecule has 0 unspecified atom stereocenters. The Hall–Kier alpha value is -2.46. The first kappa shape index (κ1) is 19.3. The summed E-state index contributed by atoms with van der Waals surface area (Å²) in [5.41, 5.74) is 0.433. The third kappa shape index (κ3) is 3.81. The Morgan fingerprint density at radius 1 is 1.11 bits per heavy atom. The number of likely N-dealkylation sites (N-methyl/N-ethyl adjacent to an activating group) is 1. The number of hydrogen-bond donors (Lipinski definition) is 2. The number of anilines is 2. The second-order valence-electron chi connectivity index (χ2n) is 6.09. The number of ether oxygens (including phenoxy) is 1. The lowest BCUT2D eigenvalue weighted by atomic mass is 10.2. The quantitative estimate of drug-likeness (QED) is 0.720. The minimum atomic E-state index is -4.05. The molecule has 0 aliphatic carbocycles. The summed E-state index contributed by atoms with van der Waals surface area (Å²) in [6.07, 6.45) is 0. The predicted octanol–water partition coefficient (Wildman–Crippen LogP) is 1.82. The van der Waals surface area contributed by atoms with E-state index in [0.717, 1.165) is 12.1 Å². The summed E-state index contributed by atoms with van der Waals surface area (Å²) in [6.45, 7) is 2.62. The molecule has 0 aromatic heterocycles. The largest absolute Gasteiger partial charge is 0.506 e. The van der Waals surface area contributed by atoms with Gasteiger partial charge in [0.25, 0.3) is 10.0 Å². The Labute approximate surface area is 158 Å². The summed E-state index contributed by atoms with van der Waals surface area (Å²) in [5, 5.41) is 9.97. The average molecular weight is 412 g/mol. The van der Waals surface area contributed by atoms with Gasteiger partial charge in [0.15, 0.2) is 9.84 Å². The summed E-state index contributed by atoms with van der Waals surface area (Å²) in [5.74, 6) is 0.0785. The van der Waals surface area contributed by atoms with Crippen LogP contribution in [0.2, 0.25) is 0 Å². The Morgan fingerprint density at radius 3 is 2.52 bits per heavy atom. The van der Waals surface area contributed by atoms with Gasteiger partial charge in [-0.25, -0.2) is 16.8 Å². The lowest BCUT2D eigenvalue weighted by Crippen LogP contribution is -2.29. The molecule has 0 radical (unpaired) electrons. The first-order valence-corrected chi connectivity index (χ1v) is 11.3. The van der Waals surface area contributed by atoms with E-state index in [9.17, 15) is 21.9 Å². The van der Waals surface area contributed by atoms with Crippen LogP contribution in [-0.4, -0.2) is 47.9 Å². The molecule has 1 heterocycles. The van der Waals surface area contributed by atoms with Gasteiger partial charge in [0.2, 0.25) is 0 Å². The molecule has 2 aromatic rings. The van der Waals surface area contributed by atoms with E-state index >= 15 is 0 Å². The monoisotopic (exact) mass is 412 g/mol. The van der Waals surface area contributed by atoms with E-state index in [-0.39, 0.29) is 27.0 Å². The molecule has 0 amide bonds. The molecule has 1 aliphatic heterocycles. The van der Waals surface area contributed by atoms with Gasteiger partial charge in [-0.1, -0.05) is 6.92 Å². The molecule has 0 saturated heterocycles. The second-order valence-corrected chi connectivity index (χ2v) is 10.0. The van der Waals surface area contributed by atoms with Crippen LogP contribution in [0.4, 0.5) is 11.4 Å². The third-order valence-corrected chi connectivity index (χ3v) is 7.38. The zero-order chi connectivity index (χ0) is 19.8. The van der Waals surface area contributed by atoms with E-state index in [1.807, 2.05) is 11.9 Å². The van der Waals surface area contributed by atoms with E-state index in [1.165, 1.54) is 25.1 Å². The average Bonchev–Trinajstić information content (AvgIpc) is 2.63. The van der Waals surface area contributed by atoms with Crippen LogP contribution in [0.25, 0.3) is 0 Å². The lowest BCUT2D eigenvalue weighted by molar-refractivity contribution is 0.311. The molecule has 0 atom stereocenters. The fourth-order valence-electron chi connectivity index (χ4n) is 2.66. The zero-order valence-electron chi connectivity index (χ0n) is 14.8. The van der Waals surface area contributed by atoms with Crippen molar-refractivity contribution in [2.75, 3.05) is 35.6 Å². The first-order chi connectivity index (χ1) is 12.6. The molecule has 10 heteroatoms. The minimum absolute atomic E-state index is 0.0262. The number of rotatable bonds is 5. The fourth-order valence-corrected chi connectivity index (χ4v) is 4.65. The normalized spacial score (nSPS) is 14.4. The van der Waals surface area contributed by atoms with Crippen LogP contribution >= 0.6 is 0 Å². The molecular formula is C17H20N2O6S2. The van der Waals surface area contributed by atoms with Crippen molar-refractivity contribution in [2.45, 2.75) is 16.7 Å². The molecule has 2 aromatic carbocycles. The first-order valence-electron chi connectivity index (χ1n) is 8.20. The summed E-state index contributed by atoms with van der Waals surface area (Å²) in [7, 11) is -5.77. The molecule has 0 spiro atoms. The Balaban J connectivity index is 1.98. The van der Waals surface area contributed by atoms with Crippen molar-refractivity contribution >= 4 is 31.2 Å². The van der Waals surface area contributed by atoms with Gasteiger partial charge in [-0.2, -0.15) is 0 Å². The van der Waals surface area contributed by atoms with Crippen LogP contribution in [0.3, 0.4) is 0 Å². The lowest BCUT2D eigenvalue weighted by Gasteiger charge is -2.28. The van der Waals surface area contributed by atoms with Gasteiger partial charge in [0.1, 0.15) is 18.1 Å². The summed E-state index contributed by atoms with van der Waals surface area (Å²) >= 11 is 0. The second kappa shape index (κ2) is 6.93. The highest BCUT2D eigenvalue weighted by Gasteiger charge is 2.23. The molecule has 8 nitrogen and oxygen atoms in total. The highest BCUT2D eigenvalue weighted by Crippen LogP contribution is 2.34.